The van der Waals surface area contributed by atoms with Gasteiger partial charge in [-0.05, 0) is 0 Å². The minimum atomic E-state index is -0.157. The van der Waals surface area contributed by atoms with Gasteiger partial charge >= 0.3 is 0 Å². The first kappa shape index (κ1) is 7.17. The first-order chi connectivity index (χ1) is 2.79. The zero-order valence-corrected chi connectivity index (χ0v) is 4.69. The maximum atomic E-state index is 8.50. The molecule has 3 nitrogen and oxygen atoms in total. The third-order valence-electron chi connectivity index (χ3n) is 0.891. The zero-order chi connectivity index (χ0) is 4.57. The Kier molecular flexibility index (Phi) is 2.53. The summed E-state index contributed by atoms with van der Waals surface area (Å²) in [5.74, 6) is 5.14. The van der Waals surface area contributed by atoms with Gasteiger partial charge in [0.1, 0.15) is 0 Å². The molecule has 0 atom stereocenters. The van der Waals surface area contributed by atoms with Crippen LogP contribution in [0.4, 0.5) is 0 Å². The van der Waals surface area contributed by atoms with Crippen molar-refractivity contribution in [2.24, 2.45) is 5.84 Å². The van der Waals surface area contributed by atoms with Gasteiger partial charge in [-0.15, -0.1) is 12.4 Å². The number of aliphatic hydroxyl groups excluding tert-OH is 1. The third-order valence-corrected chi connectivity index (χ3v) is 0.891. The van der Waals surface area contributed by atoms with Gasteiger partial charge in [0, 0.05) is 13.1 Å². The molecule has 7 heavy (non-hydrogen) atoms. The van der Waals surface area contributed by atoms with Crippen LogP contribution >= 0.6 is 12.4 Å². The summed E-state index contributed by atoms with van der Waals surface area (Å²) in [5.41, 5.74) is 0. The van der Waals surface area contributed by atoms with E-state index in [4.69, 9.17) is 10.9 Å². The van der Waals surface area contributed by atoms with Crippen molar-refractivity contribution in [1.82, 2.24) is 5.01 Å². The summed E-state index contributed by atoms with van der Waals surface area (Å²) < 4.78 is 0. The molecule has 1 heterocycles. The lowest BCUT2D eigenvalue weighted by Gasteiger charge is -2.30. The van der Waals surface area contributed by atoms with Crippen LogP contribution in [0.3, 0.4) is 0 Å². The van der Waals surface area contributed by atoms with Crippen molar-refractivity contribution in [3.05, 3.63) is 0 Å². The Morgan fingerprint density at radius 3 is 2.00 bits per heavy atom. The number of hydrogen-bond acceptors (Lipinski definition) is 3. The number of nitrogens with zero attached hydrogens (tertiary/aromatic N) is 1. The van der Waals surface area contributed by atoms with Gasteiger partial charge in [0.05, 0.1) is 6.10 Å². The fourth-order valence-corrected chi connectivity index (χ4v) is 0.488. The van der Waals surface area contributed by atoms with Crippen LogP contribution in [0.1, 0.15) is 0 Å². The van der Waals surface area contributed by atoms with Gasteiger partial charge in [0.15, 0.2) is 0 Å². The van der Waals surface area contributed by atoms with Crippen LogP contribution < -0.4 is 5.84 Å². The minimum Gasteiger partial charge on any atom is -0.390 e. The normalized spacial score (nSPS) is 23.1. The van der Waals surface area contributed by atoms with E-state index in [9.17, 15) is 0 Å². The number of nitrogens with two attached hydrogens (primary N) is 1. The van der Waals surface area contributed by atoms with Crippen molar-refractivity contribution in [2.75, 3.05) is 13.1 Å². The van der Waals surface area contributed by atoms with E-state index in [0.29, 0.717) is 13.1 Å². The second-order valence-corrected chi connectivity index (χ2v) is 1.61. The highest BCUT2D eigenvalue weighted by atomic mass is 35.5. The Bertz CT molecular complexity index is 48.9. The molecule has 1 saturated heterocycles. The van der Waals surface area contributed by atoms with Crippen molar-refractivity contribution in [3.8, 4) is 0 Å². The lowest BCUT2D eigenvalue weighted by atomic mass is 10.2. The van der Waals surface area contributed by atoms with Gasteiger partial charge in [-0.3, -0.25) is 5.84 Å². The van der Waals surface area contributed by atoms with E-state index in [2.05, 4.69) is 0 Å². The Labute approximate surface area is 48.5 Å². The molecule has 4 heteroatoms. The summed E-state index contributed by atoms with van der Waals surface area (Å²) >= 11 is 0. The van der Waals surface area contributed by atoms with Crippen molar-refractivity contribution in [3.63, 3.8) is 0 Å². The molecule has 1 aliphatic rings. The number of hydrogen-bond donors (Lipinski definition) is 2. The topological polar surface area (TPSA) is 49.5 Å². The van der Waals surface area contributed by atoms with E-state index < -0.39 is 0 Å². The predicted molar refractivity (Wildman–Crippen MR) is 29.0 cm³/mol. The zero-order valence-electron chi connectivity index (χ0n) is 3.87. The average molecular weight is 125 g/mol. The smallest absolute Gasteiger partial charge is 0.0821 e. The summed E-state index contributed by atoms with van der Waals surface area (Å²) in [5, 5.41) is 10.1. The van der Waals surface area contributed by atoms with E-state index >= 15 is 0 Å². The SMILES string of the molecule is Cl.NN1CC(O)C1. The van der Waals surface area contributed by atoms with Crippen molar-refractivity contribution in [2.45, 2.75) is 6.10 Å². The molecule has 0 amide bonds. The van der Waals surface area contributed by atoms with Crippen molar-refractivity contribution < 1.29 is 5.11 Å². The van der Waals surface area contributed by atoms with Gasteiger partial charge < -0.3 is 5.11 Å². The van der Waals surface area contributed by atoms with Crippen LogP contribution in [-0.2, 0) is 0 Å². The highest BCUT2D eigenvalue weighted by Crippen LogP contribution is 1.97. The first-order valence-corrected chi connectivity index (χ1v) is 1.97. The summed E-state index contributed by atoms with van der Waals surface area (Å²) in [6.45, 7) is 1.28. The molecule has 0 unspecified atom stereocenters. The molecule has 0 aliphatic carbocycles. The lowest BCUT2D eigenvalue weighted by molar-refractivity contribution is 0.00188. The fourth-order valence-electron chi connectivity index (χ4n) is 0.488. The standard InChI is InChI=1S/C3H8N2O.ClH/c4-5-1-3(6)2-5;/h3,6H,1-2,4H2;1H. The number of halogens is 1. The molecule has 0 aromatic heterocycles. The van der Waals surface area contributed by atoms with Gasteiger partial charge in [-0.2, -0.15) is 0 Å². The fraction of sp³-hybridized carbons (Fsp3) is 1.00. The maximum Gasteiger partial charge on any atom is 0.0821 e. The number of aliphatic hydroxyl groups is 1. The van der Waals surface area contributed by atoms with Crippen molar-refractivity contribution in [1.29, 1.82) is 0 Å². The van der Waals surface area contributed by atoms with Crippen LogP contribution in [0.5, 0.6) is 0 Å². The van der Waals surface area contributed by atoms with Crippen LogP contribution in [0.15, 0.2) is 0 Å². The molecular weight excluding hydrogens is 115 g/mol. The number of rotatable bonds is 0. The monoisotopic (exact) mass is 124 g/mol. The Morgan fingerprint density at radius 1 is 1.57 bits per heavy atom. The third kappa shape index (κ3) is 1.61. The molecule has 0 spiro atoms. The van der Waals surface area contributed by atoms with Gasteiger partial charge in [-0.1, -0.05) is 0 Å². The summed E-state index contributed by atoms with van der Waals surface area (Å²) in [7, 11) is 0. The molecule has 1 fully saturated rings. The van der Waals surface area contributed by atoms with Crippen LogP contribution in [0.2, 0.25) is 0 Å². The minimum absolute atomic E-state index is 0. The maximum absolute atomic E-state index is 8.50. The second kappa shape index (κ2) is 2.47. The number of β-amino-alcohol motifs (C(OH)–C–C–N with tert-alkyl or cyclic N) is 1. The highest BCUT2D eigenvalue weighted by Gasteiger charge is 2.19. The second-order valence-electron chi connectivity index (χ2n) is 1.61. The number of hydrazine groups is 1. The van der Waals surface area contributed by atoms with Crippen LogP contribution in [0.25, 0.3) is 0 Å². The molecule has 0 aromatic carbocycles. The first-order valence-electron chi connectivity index (χ1n) is 1.97. The van der Waals surface area contributed by atoms with Crippen LogP contribution in [0, 0.1) is 0 Å². The van der Waals surface area contributed by atoms with Crippen LogP contribution in [-0.4, -0.2) is 29.3 Å². The Balaban J connectivity index is 0.000000360. The molecule has 0 radical (unpaired) electrons. The highest BCUT2D eigenvalue weighted by molar-refractivity contribution is 5.85. The Morgan fingerprint density at radius 2 is 2.00 bits per heavy atom. The average Bonchev–Trinajstić information content (AvgIpc) is 1.33. The molecule has 3 N–H and O–H groups in total. The molecular formula is C3H9ClN2O. The van der Waals surface area contributed by atoms with Gasteiger partial charge in [-0.25, -0.2) is 5.01 Å². The molecule has 0 saturated carbocycles. The molecule has 0 bridgehead atoms. The molecule has 1 rings (SSSR count). The molecule has 1 aliphatic heterocycles. The summed E-state index contributed by atoms with van der Waals surface area (Å²) in [6, 6.07) is 0. The molecule has 0 aromatic rings. The van der Waals surface area contributed by atoms with E-state index in [0.717, 1.165) is 0 Å². The predicted octanol–water partition coefficient (Wildman–Crippen LogP) is -1.04. The summed E-state index contributed by atoms with van der Waals surface area (Å²) in [6.07, 6.45) is -0.157. The van der Waals surface area contributed by atoms with E-state index in [-0.39, 0.29) is 18.5 Å². The van der Waals surface area contributed by atoms with Gasteiger partial charge in [0.25, 0.3) is 0 Å². The summed E-state index contributed by atoms with van der Waals surface area (Å²) in [4.78, 5) is 0. The van der Waals surface area contributed by atoms with E-state index in [1.807, 2.05) is 0 Å². The molecule has 44 valence electrons. The lowest BCUT2D eigenvalue weighted by Crippen LogP contribution is -2.54. The van der Waals surface area contributed by atoms with E-state index in [1.165, 1.54) is 0 Å². The van der Waals surface area contributed by atoms with E-state index in [1.54, 1.807) is 5.01 Å². The quantitative estimate of drug-likeness (QED) is 0.406. The Hall–Kier alpha value is 0.170. The largest absolute Gasteiger partial charge is 0.390 e. The van der Waals surface area contributed by atoms with Gasteiger partial charge in [0.2, 0.25) is 0 Å². The van der Waals surface area contributed by atoms with Crippen molar-refractivity contribution >= 4 is 12.4 Å².